The van der Waals surface area contributed by atoms with Gasteiger partial charge in [-0.2, -0.15) is 0 Å². The van der Waals surface area contributed by atoms with Gasteiger partial charge in [-0.15, -0.1) is 0 Å². The van der Waals surface area contributed by atoms with E-state index >= 15 is 0 Å². The number of rotatable bonds is 5. The van der Waals surface area contributed by atoms with E-state index in [1.54, 1.807) is 32.4 Å². The van der Waals surface area contributed by atoms with Crippen LogP contribution in [0.1, 0.15) is 16.8 Å². The van der Waals surface area contributed by atoms with Crippen LogP contribution < -0.4 is 15.8 Å². The molecule has 1 aromatic rings. The normalized spacial score (nSPS) is 21.7. The molecule has 2 rings (SSSR count). The molecule has 3 N–H and O–H groups in total. The van der Waals surface area contributed by atoms with Crippen LogP contribution in [0.25, 0.3) is 0 Å². The van der Waals surface area contributed by atoms with Crippen LogP contribution in [-0.4, -0.2) is 45.5 Å². The minimum atomic E-state index is -0.434. The molecule has 0 aliphatic carbocycles. The zero-order valence-electron chi connectivity index (χ0n) is 11.8. The van der Waals surface area contributed by atoms with Crippen molar-refractivity contribution in [1.29, 1.82) is 0 Å². The zero-order chi connectivity index (χ0) is 14.6. The summed E-state index contributed by atoms with van der Waals surface area (Å²) in [5.41, 5.74) is 6.23. The molecule has 1 aliphatic heterocycles. The third-order valence-corrected chi connectivity index (χ3v) is 3.57. The van der Waals surface area contributed by atoms with Crippen LogP contribution in [0.2, 0.25) is 0 Å². The van der Waals surface area contributed by atoms with Gasteiger partial charge in [0.15, 0.2) is 0 Å². The van der Waals surface area contributed by atoms with Crippen molar-refractivity contribution in [2.24, 2.45) is 0 Å². The maximum Gasteiger partial charge on any atom is 0.253 e. The van der Waals surface area contributed by atoms with Crippen molar-refractivity contribution in [3.8, 4) is 5.75 Å². The average molecular weight is 280 g/mol. The number of hydrogen-bond donors (Lipinski definition) is 2. The number of nitrogens with two attached hydrogens (primary N) is 1. The molecule has 1 unspecified atom stereocenters. The van der Waals surface area contributed by atoms with Gasteiger partial charge in [0.2, 0.25) is 0 Å². The topological polar surface area (TPSA) is 82.8 Å². The van der Waals surface area contributed by atoms with Gasteiger partial charge in [-0.05, 0) is 12.1 Å². The van der Waals surface area contributed by atoms with Crippen molar-refractivity contribution in [2.45, 2.75) is 12.0 Å². The number of ether oxygens (including phenoxy) is 3. The maximum atomic E-state index is 12.2. The highest BCUT2D eigenvalue weighted by Crippen LogP contribution is 2.23. The first kappa shape index (κ1) is 14.6. The van der Waals surface area contributed by atoms with E-state index in [9.17, 15) is 4.79 Å². The van der Waals surface area contributed by atoms with Crippen LogP contribution in [0, 0.1) is 0 Å². The number of nitrogen functional groups attached to an aromatic ring is 1. The number of methoxy groups -OCH3 is 2. The molecule has 6 nitrogen and oxygen atoms in total. The third kappa shape index (κ3) is 3.02. The first-order chi connectivity index (χ1) is 9.60. The summed E-state index contributed by atoms with van der Waals surface area (Å²) in [6.45, 7) is 1.53. The van der Waals surface area contributed by atoms with E-state index < -0.39 is 5.60 Å². The predicted octanol–water partition coefficient (Wildman–Crippen LogP) is 0.813. The fraction of sp³-hybridized carbons (Fsp3) is 0.500. The minimum absolute atomic E-state index is 0.228. The van der Waals surface area contributed by atoms with E-state index in [4.69, 9.17) is 19.9 Å². The molecule has 1 aliphatic rings. The van der Waals surface area contributed by atoms with Gasteiger partial charge in [-0.25, -0.2) is 0 Å². The van der Waals surface area contributed by atoms with Crippen LogP contribution in [0.4, 0.5) is 5.69 Å². The first-order valence-corrected chi connectivity index (χ1v) is 6.45. The van der Waals surface area contributed by atoms with Crippen LogP contribution in [0.15, 0.2) is 18.2 Å². The molecule has 1 aromatic carbocycles. The minimum Gasteiger partial charge on any atom is -0.497 e. The Bertz CT molecular complexity index is 484. The Morgan fingerprint density at radius 1 is 1.50 bits per heavy atom. The molecule has 0 radical (unpaired) electrons. The van der Waals surface area contributed by atoms with E-state index in [1.165, 1.54) is 0 Å². The number of amides is 1. The summed E-state index contributed by atoms with van der Waals surface area (Å²) in [6, 6.07) is 4.98. The van der Waals surface area contributed by atoms with Crippen LogP contribution >= 0.6 is 0 Å². The third-order valence-electron chi connectivity index (χ3n) is 3.57. The summed E-state index contributed by atoms with van der Waals surface area (Å²) in [5, 5.41) is 2.85. The first-order valence-electron chi connectivity index (χ1n) is 6.45. The molecule has 0 saturated carbocycles. The van der Waals surface area contributed by atoms with Crippen molar-refractivity contribution in [3.63, 3.8) is 0 Å². The summed E-state index contributed by atoms with van der Waals surface area (Å²) in [5.74, 6) is 0.394. The molecule has 0 bridgehead atoms. The van der Waals surface area contributed by atoms with Gasteiger partial charge in [0.05, 0.1) is 19.3 Å². The summed E-state index contributed by atoms with van der Waals surface area (Å²) >= 11 is 0. The molecule has 1 atom stereocenters. The highest BCUT2D eigenvalue weighted by molar-refractivity contribution is 5.99. The van der Waals surface area contributed by atoms with Gasteiger partial charge < -0.3 is 25.3 Å². The molecule has 1 saturated heterocycles. The van der Waals surface area contributed by atoms with Crippen LogP contribution in [0.3, 0.4) is 0 Å². The van der Waals surface area contributed by atoms with Gasteiger partial charge >= 0.3 is 0 Å². The number of hydrogen-bond acceptors (Lipinski definition) is 5. The molecule has 0 aromatic heterocycles. The number of nitrogens with one attached hydrogen (secondary N) is 1. The van der Waals surface area contributed by atoms with Crippen molar-refractivity contribution in [2.75, 3.05) is 39.7 Å². The molecule has 1 fully saturated rings. The average Bonchev–Trinajstić information content (AvgIpc) is 2.94. The summed E-state index contributed by atoms with van der Waals surface area (Å²) in [7, 11) is 3.18. The van der Waals surface area contributed by atoms with E-state index in [1.807, 2.05) is 0 Å². The molecule has 1 heterocycles. The van der Waals surface area contributed by atoms with Gasteiger partial charge in [-0.3, -0.25) is 4.79 Å². The zero-order valence-corrected chi connectivity index (χ0v) is 11.8. The smallest absolute Gasteiger partial charge is 0.253 e. The van der Waals surface area contributed by atoms with Crippen molar-refractivity contribution >= 4 is 11.6 Å². The van der Waals surface area contributed by atoms with Crippen molar-refractivity contribution in [1.82, 2.24) is 5.32 Å². The second-order valence-corrected chi connectivity index (χ2v) is 4.83. The number of carbonyl (C=O) groups is 1. The molecule has 20 heavy (non-hydrogen) atoms. The quantitative estimate of drug-likeness (QED) is 0.780. The standard InChI is InChI=1S/C14H20N2O4/c1-18-10-3-4-11(12(15)7-10)13(17)16-8-14(19-2)5-6-20-9-14/h3-4,7H,5-6,8-9,15H2,1-2H3,(H,16,17). The number of carbonyl (C=O) groups excluding carboxylic acids is 1. The lowest BCUT2D eigenvalue weighted by molar-refractivity contribution is -0.0148. The lowest BCUT2D eigenvalue weighted by Crippen LogP contribution is -2.45. The Balaban J connectivity index is 2.01. The monoisotopic (exact) mass is 280 g/mol. The van der Waals surface area contributed by atoms with Gasteiger partial charge in [0.25, 0.3) is 5.91 Å². The highest BCUT2D eigenvalue weighted by atomic mass is 16.5. The van der Waals surface area contributed by atoms with Crippen molar-refractivity contribution < 1.29 is 19.0 Å². The molecule has 0 spiro atoms. The maximum absolute atomic E-state index is 12.2. The largest absolute Gasteiger partial charge is 0.497 e. The Morgan fingerprint density at radius 3 is 2.85 bits per heavy atom. The van der Waals surface area contributed by atoms with E-state index in [-0.39, 0.29) is 5.91 Å². The molecule has 1 amide bonds. The fourth-order valence-electron chi connectivity index (χ4n) is 2.17. The molecular weight excluding hydrogens is 260 g/mol. The Labute approximate surface area is 118 Å². The fourth-order valence-corrected chi connectivity index (χ4v) is 2.17. The molecule has 110 valence electrons. The predicted molar refractivity (Wildman–Crippen MR) is 74.9 cm³/mol. The number of anilines is 1. The van der Waals surface area contributed by atoms with Gasteiger partial charge in [-0.1, -0.05) is 0 Å². The Morgan fingerprint density at radius 2 is 2.30 bits per heavy atom. The van der Waals surface area contributed by atoms with E-state index in [2.05, 4.69) is 5.32 Å². The molecular formula is C14H20N2O4. The Hall–Kier alpha value is -1.79. The van der Waals surface area contributed by atoms with Gasteiger partial charge in [0.1, 0.15) is 11.4 Å². The number of benzene rings is 1. The van der Waals surface area contributed by atoms with Crippen LogP contribution in [0.5, 0.6) is 5.75 Å². The second kappa shape index (κ2) is 6.11. The second-order valence-electron chi connectivity index (χ2n) is 4.83. The lowest BCUT2D eigenvalue weighted by Gasteiger charge is -2.26. The van der Waals surface area contributed by atoms with E-state index in [0.717, 1.165) is 6.42 Å². The summed E-state index contributed by atoms with van der Waals surface area (Å²) in [6.07, 6.45) is 0.766. The summed E-state index contributed by atoms with van der Waals surface area (Å²) < 4.78 is 15.8. The van der Waals surface area contributed by atoms with E-state index in [0.29, 0.717) is 36.8 Å². The SMILES string of the molecule is COc1ccc(C(=O)NCC2(OC)CCOC2)c(N)c1. The highest BCUT2D eigenvalue weighted by Gasteiger charge is 2.35. The molecule has 6 heteroatoms. The lowest BCUT2D eigenvalue weighted by atomic mass is 10.0. The van der Waals surface area contributed by atoms with Crippen molar-refractivity contribution in [3.05, 3.63) is 23.8 Å². The van der Waals surface area contributed by atoms with Gasteiger partial charge in [0, 0.05) is 38.4 Å². The summed E-state index contributed by atoms with van der Waals surface area (Å²) in [4.78, 5) is 12.2. The van der Waals surface area contributed by atoms with Crippen LogP contribution in [-0.2, 0) is 9.47 Å². The Kier molecular flexibility index (Phi) is 4.46.